The standard InChI is InChI=1S/C16H22N2O2/c1-12-7-8-16(20-12)15(19)11-13-9-10-18(17-13)14-5-3-2-4-6-14/h7-10,14-15,19H,2-6,11H2,1H3. The second-order valence-corrected chi connectivity index (χ2v) is 5.75. The lowest BCUT2D eigenvalue weighted by atomic mass is 9.96. The number of aryl methyl sites for hydroxylation is 1. The first-order valence-corrected chi connectivity index (χ1v) is 7.51. The lowest BCUT2D eigenvalue weighted by Crippen LogP contribution is -2.13. The van der Waals surface area contributed by atoms with Gasteiger partial charge in [-0.1, -0.05) is 19.3 Å². The zero-order valence-corrected chi connectivity index (χ0v) is 12.0. The van der Waals surface area contributed by atoms with Gasteiger partial charge in [-0.25, -0.2) is 0 Å². The van der Waals surface area contributed by atoms with Crippen LogP contribution in [0.2, 0.25) is 0 Å². The predicted octanol–water partition coefficient (Wildman–Crippen LogP) is 3.57. The Morgan fingerprint density at radius 2 is 2.10 bits per heavy atom. The average Bonchev–Trinajstić information content (AvgIpc) is 3.09. The molecule has 1 unspecified atom stereocenters. The second-order valence-electron chi connectivity index (χ2n) is 5.75. The maximum Gasteiger partial charge on any atom is 0.133 e. The summed E-state index contributed by atoms with van der Waals surface area (Å²) >= 11 is 0. The van der Waals surface area contributed by atoms with Crippen LogP contribution >= 0.6 is 0 Å². The van der Waals surface area contributed by atoms with Crippen molar-refractivity contribution in [1.82, 2.24) is 9.78 Å². The van der Waals surface area contributed by atoms with Gasteiger partial charge in [-0.2, -0.15) is 5.10 Å². The van der Waals surface area contributed by atoms with Gasteiger partial charge in [0.2, 0.25) is 0 Å². The van der Waals surface area contributed by atoms with Gasteiger partial charge in [0.15, 0.2) is 0 Å². The molecule has 3 rings (SSSR count). The molecule has 0 amide bonds. The molecule has 20 heavy (non-hydrogen) atoms. The van der Waals surface area contributed by atoms with E-state index in [2.05, 4.69) is 9.78 Å². The first-order chi connectivity index (χ1) is 9.72. The summed E-state index contributed by atoms with van der Waals surface area (Å²) in [6.07, 6.45) is 8.34. The van der Waals surface area contributed by atoms with Gasteiger partial charge in [-0.15, -0.1) is 0 Å². The monoisotopic (exact) mass is 274 g/mol. The molecular formula is C16H22N2O2. The van der Waals surface area contributed by atoms with Gasteiger partial charge >= 0.3 is 0 Å². The maximum atomic E-state index is 10.2. The zero-order valence-electron chi connectivity index (χ0n) is 12.0. The molecule has 1 saturated carbocycles. The number of aromatic nitrogens is 2. The lowest BCUT2D eigenvalue weighted by molar-refractivity contribution is 0.147. The number of aliphatic hydroxyl groups is 1. The highest BCUT2D eigenvalue weighted by molar-refractivity contribution is 5.11. The Morgan fingerprint density at radius 3 is 2.80 bits per heavy atom. The first kappa shape index (κ1) is 13.4. The van der Waals surface area contributed by atoms with E-state index in [1.807, 2.05) is 31.3 Å². The van der Waals surface area contributed by atoms with Crippen molar-refractivity contribution in [2.75, 3.05) is 0 Å². The lowest BCUT2D eigenvalue weighted by Gasteiger charge is -2.21. The van der Waals surface area contributed by atoms with Crippen LogP contribution in [-0.2, 0) is 6.42 Å². The third kappa shape index (κ3) is 2.96. The van der Waals surface area contributed by atoms with Gasteiger partial charge in [0, 0.05) is 12.6 Å². The number of nitrogens with zero attached hydrogens (tertiary/aromatic N) is 2. The molecule has 2 aromatic rings. The molecule has 0 radical (unpaired) electrons. The fraction of sp³-hybridized carbons (Fsp3) is 0.562. The molecule has 1 fully saturated rings. The number of hydrogen-bond donors (Lipinski definition) is 1. The Bertz CT molecular complexity index is 552. The molecule has 1 aliphatic carbocycles. The van der Waals surface area contributed by atoms with E-state index in [9.17, 15) is 5.11 Å². The molecule has 0 bridgehead atoms. The van der Waals surface area contributed by atoms with E-state index >= 15 is 0 Å². The number of rotatable bonds is 4. The minimum atomic E-state index is -0.613. The van der Waals surface area contributed by atoms with Gasteiger partial charge in [0.1, 0.15) is 17.6 Å². The van der Waals surface area contributed by atoms with E-state index in [1.165, 1.54) is 32.1 Å². The molecular weight excluding hydrogens is 252 g/mol. The smallest absolute Gasteiger partial charge is 0.133 e. The number of hydrogen-bond acceptors (Lipinski definition) is 3. The van der Waals surface area contributed by atoms with E-state index in [0.29, 0.717) is 18.2 Å². The Balaban J connectivity index is 1.64. The molecule has 108 valence electrons. The normalized spacial score (nSPS) is 18.3. The van der Waals surface area contributed by atoms with Crippen LogP contribution in [0.4, 0.5) is 0 Å². The topological polar surface area (TPSA) is 51.2 Å². The van der Waals surface area contributed by atoms with Crippen LogP contribution in [0.3, 0.4) is 0 Å². The molecule has 4 heteroatoms. The zero-order chi connectivity index (χ0) is 13.9. The van der Waals surface area contributed by atoms with E-state index in [4.69, 9.17) is 4.42 Å². The van der Waals surface area contributed by atoms with Gasteiger partial charge in [0.25, 0.3) is 0 Å². The summed E-state index contributed by atoms with van der Waals surface area (Å²) in [5.74, 6) is 1.45. The minimum Gasteiger partial charge on any atom is -0.464 e. The Kier molecular flexibility index (Phi) is 3.92. The molecule has 2 heterocycles. The van der Waals surface area contributed by atoms with Crippen LogP contribution in [0.25, 0.3) is 0 Å². The SMILES string of the molecule is Cc1ccc(C(O)Cc2ccn(C3CCCCC3)n2)o1. The van der Waals surface area contributed by atoms with Crippen LogP contribution in [0.15, 0.2) is 28.8 Å². The summed E-state index contributed by atoms with van der Waals surface area (Å²) in [4.78, 5) is 0. The van der Waals surface area contributed by atoms with Crippen molar-refractivity contribution in [3.05, 3.63) is 41.6 Å². The van der Waals surface area contributed by atoms with Gasteiger partial charge in [-0.3, -0.25) is 4.68 Å². The molecule has 4 nitrogen and oxygen atoms in total. The molecule has 1 atom stereocenters. The summed E-state index contributed by atoms with van der Waals surface area (Å²) in [7, 11) is 0. The van der Waals surface area contributed by atoms with Crippen molar-refractivity contribution in [2.24, 2.45) is 0 Å². The van der Waals surface area contributed by atoms with E-state index < -0.39 is 6.10 Å². The first-order valence-electron chi connectivity index (χ1n) is 7.51. The maximum absolute atomic E-state index is 10.2. The van der Waals surface area contributed by atoms with Crippen molar-refractivity contribution in [3.63, 3.8) is 0 Å². The van der Waals surface area contributed by atoms with Crippen LogP contribution < -0.4 is 0 Å². The third-order valence-electron chi connectivity index (χ3n) is 4.10. The van der Waals surface area contributed by atoms with Crippen molar-refractivity contribution >= 4 is 0 Å². The van der Waals surface area contributed by atoms with E-state index in [1.54, 1.807) is 0 Å². The number of aliphatic hydroxyl groups excluding tert-OH is 1. The summed E-state index contributed by atoms with van der Waals surface area (Å²) in [5, 5.41) is 14.8. The van der Waals surface area contributed by atoms with Crippen LogP contribution in [0.5, 0.6) is 0 Å². The molecule has 2 aromatic heterocycles. The molecule has 0 aliphatic heterocycles. The molecule has 1 N–H and O–H groups in total. The fourth-order valence-electron chi connectivity index (χ4n) is 2.97. The molecule has 0 spiro atoms. The third-order valence-corrected chi connectivity index (χ3v) is 4.10. The number of furan rings is 1. The van der Waals surface area contributed by atoms with Crippen molar-refractivity contribution < 1.29 is 9.52 Å². The predicted molar refractivity (Wildman–Crippen MR) is 76.5 cm³/mol. The second kappa shape index (κ2) is 5.83. The van der Waals surface area contributed by atoms with Crippen LogP contribution in [-0.4, -0.2) is 14.9 Å². The summed E-state index contributed by atoms with van der Waals surface area (Å²) < 4.78 is 7.53. The quantitative estimate of drug-likeness (QED) is 0.927. The van der Waals surface area contributed by atoms with Gasteiger partial charge in [0.05, 0.1) is 11.7 Å². The highest BCUT2D eigenvalue weighted by Gasteiger charge is 2.18. The minimum absolute atomic E-state index is 0.507. The summed E-state index contributed by atoms with van der Waals surface area (Å²) in [6.45, 7) is 1.88. The van der Waals surface area contributed by atoms with Crippen molar-refractivity contribution in [1.29, 1.82) is 0 Å². The van der Waals surface area contributed by atoms with Crippen LogP contribution in [0.1, 0.15) is 61.5 Å². The van der Waals surface area contributed by atoms with Gasteiger partial charge in [-0.05, 0) is 38.0 Å². The van der Waals surface area contributed by atoms with E-state index in [-0.39, 0.29) is 0 Å². The summed E-state index contributed by atoms with van der Waals surface area (Å²) in [6, 6.07) is 6.26. The average molecular weight is 274 g/mol. The summed E-state index contributed by atoms with van der Waals surface area (Å²) in [5.41, 5.74) is 0.928. The highest BCUT2D eigenvalue weighted by Crippen LogP contribution is 2.28. The van der Waals surface area contributed by atoms with Crippen molar-refractivity contribution in [2.45, 2.75) is 57.6 Å². The molecule has 1 aliphatic rings. The Hall–Kier alpha value is -1.55. The van der Waals surface area contributed by atoms with Gasteiger partial charge < -0.3 is 9.52 Å². The molecule has 0 aromatic carbocycles. The van der Waals surface area contributed by atoms with Crippen molar-refractivity contribution in [3.8, 4) is 0 Å². The highest BCUT2D eigenvalue weighted by atomic mass is 16.4. The van der Waals surface area contributed by atoms with E-state index in [0.717, 1.165) is 11.5 Å². The van der Waals surface area contributed by atoms with Crippen LogP contribution in [0, 0.1) is 6.92 Å². The Morgan fingerprint density at radius 1 is 1.30 bits per heavy atom. The fourth-order valence-corrected chi connectivity index (χ4v) is 2.97. The largest absolute Gasteiger partial charge is 0.464 e. The molecule has 0 saturated heterocycles. The Labute approximate surface area is 119 Å².